The van der Waals surface area contributed by atoms with Crippen LogP contribution in [0.2, 0.25) is 0 Å². The fraction of sp³-hybridized carbons (Fsp3) is 0.588. The first-order valence-electron chi connectivity index (χ1n) is 7.54. The van der Waals surface area contributed by atoms with Crippen molar-refractivity contribution in [1.29, 1.82) is 0 Å². The summed E-state index contributed by atoms with van der Waals surface area (Å²) in [6.45, 7) is 3.47. The van der Waals surface area contributed by atoms with Gasteiger partial charge in [-0.15, -0.1) is 0 Å². The van der Waals surface area contributed by atoms with Crippen molar-refractivity contribution >= 4 is 6.47 Å². The summed E-state index contributed by atoms with van der Waals surface area (Å²) in [7, 11) is 0. The molecule has 1 aromatic carbocycles. The van der Waals surface area contributed by atoms with E-state index in [-0.39, 0.29) is 0 Å². The Balaban J connectivity index is 1.78. The fourth-order valence-corrected chi connectivity index (χ4v) is 2.05. The lowest BCUT2D eigenvalue weighted by Crippen LogP contribution is -1.99. The molecule has 0 aliphatic rings. The Kier molecular flexibility index (Phi) is 10.6. The quantitative estimate of drug-likeness (QED) is 0.516. The minimum atomic E-state index is 0.451. The average molecular weight is 277 g/mol. The molecule has 0 saturated heterocycles. The predicted octanol–water partition coefficient (Wildman–Crippen LogP) is 3.67. The lowest BCUT2D eigenvalue weighted by molar-refractivity contribution is 0.121. The van der Waals surface area contributed by atoms with Crippen LogP contribution in [0.1, 0.15) is 44.1 Å². The van der Waals surface area contributed by atoms with Gasteiger partial charge in [0, 0.05) is 13.2 Å². The maximum absolute atomic E-state index is 9.78. The van der Waals surface area contributed by atoms with E-state index in [2.05, 4.69) is 35.1 Å². The Labute approximate surface area is 122 Å². The first kappa shape index (κ1) is 16.7. The van der Waals surface area contributed by atoms with Crippen molar-refractivity contribution in [3.63, 3.8) is 0 Å². The molecule has 0 aliphatic heterocycles. The molecule has 1 rings (SSSR count). The van der Waals surface area contributed by atoms with E-state index in [9.17, 15) is 4.79 Å². The van der Waals surface area contributed by atoms with E-state index >= 15 is 0 Å². The van der Waals surface area contributed by atoms with Crippen LogP contribution in [0.25, 0.3) is 0 Å². The number of unbranched alkanes of at least 4 members (excludes halogenated alkanes) is 4. The van der Waals surface area contributed by atoms with Crippen molar-refractivity contribution in [3.8, 4) is 0 Å². The Morgan fingerprint density at radius 3 is 2.20 bits per heavy atom. The van der Waals surface area contributed by atoms with Gasteiger partial charge in [-0.25, -0.2) is 4.79 Å². The van der Waals surface area contributed by atoms with Crippen LogP contribution in [0.15, 0.2) is 30.3 Å². The molecule has 0 atom stereocenters. The highest BCUT2D eigenvalue weighted by molar-refractivity contribution is 5.37. The molecule has 0 fully saturated rings. The molecule has 1 aromatic rings. The Bertz CT molecular complexity index is 324. The molecule has 111 valence electrons. The van der Waals surface area contributed by atoms with Crippen molar-refractivity contribution in [2.75, 3.05) is 19.8 Å². The minimum Gasteiger partial charge on any atom is -0.457 e. The number of hydrogen-bond acceptors (Lipinski definition) is 3. The predicted molar refractivity (Wildman–Crippen MR) is 80.3 cm³/mol. The minimum absolute atomic E-state index is 0.451. The molecule has 0 N–H and O–H groups in total. The molecule has 0 aliphatic carbocycles. The third kappa shape index (κ3) is 9.56. The summed E-state index contributed by atoms with van der Waals surface area (Å²) in [6, 6.07) is 10.6. The van der Waals surface area contributed by atoms with E-state index in [4.69, 9.17) is 4.74 Å². The van der Waals surface area contributed by atoms with Crippen LogP contribution in [-0.2, 0) is 20.7 Å². The first-order chi connectivity index (χ1) is 9.93. The smallest absolute Gasteiger partial charge is 0.417 e. The highest BCUT2D eigenvalue weighted by atomic mass is 16.5. The standard InChI is InChI=1S/C17H25O3/c18-16-20-15-9-8-14-19-13-7-2-1-4-10-17-11-5-3-6-12-17/h3,5-6,11-12H,1-2,4,7-10,13-15H2. The monoisotopic (exact) mass is 277 g/mol. The summed E-state index contributed by atoms with van der Waals surface area (Å²) < 4.78 is 10.0. The summed E-state index contributed by atoms with van der Waals surface area (Å²) in [6.07, 6.45) is 7.85. The van der Waals surface area contributed by atoms with Gasteiger partial charge in [0.05, 0.1) is 6.61 Å². The van der Waals surface area contributed by atoms with Gasteiger partial charge >= 0.3 is 6.47 Å². The lowest BCUT2D eigenvalue weighted by atomic mass is 10.1. The maximum Gasteiger partial charge on any atom is 0.417 e. The molecular weight excluding hydrogens is 252 g/mol. The molecular formula is C17H25O3. The fourth-order valence-electron chi connectivity index (χ4n) is 2.05. The van der Waals surface area contributed by atoms with E-state index in [1.165, 1.54) is 37.7 Å². The van der Waals surface area contributed by atoms with Gasteiger partial charge in [-0.1, -0.05) is 43.2 Å². The molecule has 20 heavy (non-hydrogen) atoms. The normalized spacial score (nSPS) is 10.4. The molecule has 0 aromatic heterocycles. The van der Waals surface area contributed by atoms with E-state index < -0.39 is 0 Å². The van der Waals surface area contributed by atoms with Gasteiger partial charge in [0.25, 0.3) is 0 Å². The third-order valence-electron chi connectivity index (χ3n) is 3.19. The van der Waals surface area contributed by atoms with Gasteiger partial charge < -0.3 is 9.47 Å². The van der Waals surface area contributed by atoms with Crippen LogP contribution in [-0.4, -0.2) is 26.3 Å². The number of carbonyl (C=O) groups excluding carboxylic acids is 1. The van der Waals surface area contributed by atoms with Crippen LogP contribution in [0.3, 0.4) is 0 Å². The highest BCUT2D eigenvalue weighted by Gasteiger charge is 1.94. The second kappa shape index (κ2) is 12.7. The van der Waals surface area contributed by atoms with Crippen molar-refractivity contribution in [2.45, 2.75) is 44.9 Å². The van der Waals surface area contributed by atoms with Crippen LogP contribution < -0.4 is 0 Å². The Morgan fingerprint density at radius 2 is 1.45 bits per heavy atom. The zero-order valence-electron chi connectivity index (χ0n) is 12.2. The van der Waals surface area contributed by atoms with Gasteiger partial charge in [0.1, 0.15) is 0 Å². The molecule has 0 spiro atoms. The first-order valence-corrected chi connectivity index (χ1v) is 7.54. The molecule has 0 amide bonds. The van der Waals surface area contributed by atoms with E-state index in [1.54, 1.807) is 0 Å². The molecule has 0 unspecified atom stereocenters. The van der Waals surface area contributed by atoms with Gasteiger partial charge in [-0.05, 0) is 37.7 Å². The summed E-state index contributed by atoms with van der Waals surface area (Å²) in [4.78, 5) is 9.78. The third-order valence-corrected chi connectivity index (χ3v) is 3.19. The molecule has 0 heterocycles. The largest absolute Gasteiger partial charge is 0.457 e. The SMILES string of the molecule is O=[C]OCCCCOCCCCCCc1ccccc1. The number of benzene rings is 1. The summed E-state index contributed by atoms with van der Waals surface area (Å²) in [5, 5.41) is 0. The van der Waals surface area contributed by atoms with Gasteiger partial charge in [0.2, 0.25) is 0 Å². The summed E-state index contributed by atoms with van der Waals surface area (Å²) >= 11 is 0. The Hall–Kier alpha value is -1.35. The van der Waals surface area contributed by atoms with Crippen LogP contribution in [0.5, 0.6) is 0 Å². The van der Waals surface area contributed by atoms with Crippen molar-refractivity contribution in [2.24, 2.45) is 0 Å². The summed E-state index contributed by atoms with van der Waals surface area (Å²) in [5.41, 5.74) is 1.43. The number of aryl methyl sites for hydroxylation is 1. The van der Waals surface area contributed by atoms with Crippen LogP contribution >= 0.6 is 0 Å². The highest BCUT2D eigenvalue weighted by Crippen LogP contribution is 2.07. The molecule has 3 nitrogen and oxygen atoms in total. The lowest BCUT2D eigenvalue weighted by Gasteiger charge is -2.04. The maximum atomic E-state index is 9.78. The zero-order valence-corrected chi connectivity index (χ0v) is 12.2. The van der Waals surface area contributed by atoms with Crippen LogP contribution in [0, 0.1) is 0 Å². The molecule has 0 bridgehead atoms. The molecule has 0 saturated carbocycles. The molecule has 3 heteroatoms. The van der Waals surface area contributed by atoms with Crippen molar-refractivity contribution < 1.29 is 14.3 Å². The topological polar surface area (TPSA) is 35.5 Å². The zero-order chi connectivity index (χ0) is 14.3. The number of hydrogen-bond donors (Lipinski definition) is 0. The van der Waals surface area contributed by atoms with Crippen molar-refractivity contribution in [3.05, 3.63) is 35.9 Å². The van der Waals surface area contributed by atoms with E-state index in [0.29, 0.717) is 6.61 Å². The molecule has 1 radical (unpaired) electrons. The second-order valence-corrected chi connectivity index (χ2v) is 4.90. The number of ether oxygens (including phenoxy) is 2. The number of rotatable bonds is 13. The van der Waals surface area contributed by atoms with Crippen LogP contribution in [0.4, 0.5) is 0 Å². The van der Waals surface area contributed by atoms with Crippen molar-refractivity contribution in [1.82, 2.24) is 0 Å². The Morgan fingerprint density at radius 1 is 0.800 bits per heavy atom. The van der Waals surface area contributed by atoms with Gasteiger partial charge in [-0.3, -0.25) is 0 Å². The van der Waals surface area contributed by atoms with Gasteiger partial charge in [0.15, 0.2) is 0 Å². The van der Waals surface area contributed by atoms with Gasteiger partial charge in [-0.2, -0.15) is 0 Å². The van der Waals surface area contributed by atoms with E-state index in [1.807, 2.05) is 0 Å². The summed E-state index contributed by atoms with van der Waals surface area (Å²) in [5.74, 6) is 0. The average Bonchev–Trinajstić information content (AvgIpc) is 2.49. The second-order valence-electron chi connectivity index (χ2n) is 4.90. The van der Waals surface area contributed by atoms with E-state index in [0.717, 1.165) is 32.5 Å².